The first-order valence-corrected chi connectivity index (χ1v) is 10.9. The summed E-state index contributed by atoms with van der Waals surface area (Å²) in [6.07, 6.45) is -4.39. The molecule has 1 aromatic heterocycles. The fraction of sp³-hybridized carbons (Fsp3) is 0.167. The van der Waals surface area contributed by atoms with Gasteiger partial charge in [0.05, 0.1) is 25.5 Å². The fourth-order valence-electron chi connectivity index (χ4n) is 3.32. The number of halogens is 3. The summed E-state index contributed by atoms with van der Waals surface area (Å²) in [5.74, 6) is 2.02. The smallest absolute Gasteiger partial charge is 0.416 e. The van der Waals surface area contributed by atoms with E-state index in [1.165, 1.54) is 17.8 Å². The topological polar surface area (TPSA) is 49.2 Å². The highest BCUT2D eigenvalue weighted by Gasteiger charge is 2.30. The van der Waals surface area contributed by atoms with Crippen molar-refractivity contribution in [1.29, 1.82) is 0 Å². The number of benzene rings is 3. The van der Waals surface area contributed by atoms with Crippen molar-refractivity contribution in [1.82, 2.24) is 14.8 Å². The molecule has 3 aromatic carbocycles. The predicted octanol–water partition coefficient (Wildman–Crippen LogP) is 6.26. The average molecular weight is 472 g/mol. The maximum atomic E-state index is 13.1. The van der Waals surface area contributed by atoms with Gasteiger partial charge in [-0.05, 0) is 23.8 Å². The summed E-state index contributed by atoms with van der Waals surface area (Å²) in [6.45, 7) is 0. The van der Waals surface area contributed by atoms with E-state index in [0.29, 0.717) is 33.8 Å². The Morgan fingerprint density at radius 2 is 1.61 bits per heavy atom. The van der Waals surface area contributed by atoms with Crippen LogP contribution in [0.5, 0.6) is 11.5 Å². The second-order valence-electron chi connectivity index (χ2n) is 7.03. The number of rotatable bonds is 7. The summed E-state index contributed by atoms with van der Waals surface area (Å²) >= 11 is 1.30. The van der Waals surface area contributed by atoms with Gasteiger partial charge in [-0.1, -0.05) is 60.3 Å². The third-order valence-corrected chi connectivity index (χ3v) is 5.91. The van der Waals surface area contributed by atoms with Crippen LogP contribution in [0, 0.1) is 0 Å². The number of thioether (sulfide) groups is 1. The van der Waals surface area contributed by atoms with Crippen LogP contribution in [0.4, 0.5) is 13.2 Å². The molecule has 1 heterocycles. The van der Waals surface area contributed by atoms with E-state index >= 15 is 0 Å². The molecule has 0 spiro atoms. The first kappa shape index (κ1) is 22.7. The molecule has 33 heavy (non-hydrogen) atoms. The standard InChI is InChI=1S/C24H20F3N3O2S/c1-31-20-12-11-19(14-21(20)32-2)30-22(17-8-4-3-5-9-17)28-29-23(30)33-15-16-7-6-10-18(13-16)24(25,26)27/h3-14H,15H2,1-2H3. The van der Waals surface area contributed by atoms with Crippen LogP contribution in [0.2, 0.25) is 0 Å². The van der Waals surface area contributed by atoms with Crippen LogP contribution in [0.1, 0.15) is 11.1 Å². The minimum atomic E-state index is -4.39. The zero-order chi connectivity index (χ0) is 23.4. The fourth-order valence-corrected chi connectivity index (χ4v) is 4.21. The lowest BCUT2D eigenvalue weighted by Crippen LogP contribution is -2.05. The molecule has 170 valence electrons. The van der Waals surface area contributed by atoms with Gasteiger partial charge in [0.25, 0.3) is 0 Å². The van der Waals surface area contributed by atoms with Crippen LogP contribution in [0.15, 0.2) is 78.0 Å². The van der Waals surface area contributed by atoms with Crippen molar-refractivity contribution in [2.24, 2.45) is 0 Å². The summed E-state index contributed by atoms with van der Waals surface area (Å²) in [5, 5.41) is 9.25. The quantitative estimate of drug-likeness (QED) is 0.298. The molecule has 5 nitrogen and oxygen atoms in total. The van der Waals surface area contributed by atoms with E-state index in [-0.39, 0.29) is 0 Å². The highest BCUT2D eigenvalue weighted by atomic mass is 32.2. The first-order valence-electron chi connectivity index (χ1n) is 9.93. The van der Waals surface area contributed by atoms with Crippen molar-refractivity contribution in [2.75, 3.05) is 14.2 Å². The first-order chi connectivity index (χ1) is 15.9. The van der Waals surface area contributed by atoms with E-state index in [0.717, 1.165) is 23.4 Å². The van der Waals surface area contributed by atoms with Crippen LogP contribution < -0.4 is 9.47 Å². The summed E-state index contributed by atoms with van der Waals surface area (Å²) in [7, 11) is 3.11. The number of ether oxygens (including phenoxy) is 2. The molecular weight excluding hydrogens is 451 g/mol. The Hall–Kier alpha value is -3.46. The molecule has 0 unspecified atom stereocenters. The third-order valence-electron chi connectivity index (χ3n) is 4.91. The molecule has 0 amide bonds. The van der Waals surface area contributed by atoms with E-state index in [2.05, 4.69) is 10.2 Å². The lowest BCUT2D eigenvalue weighted by Gasteiger charge is -2.14. The zero-order valence-electron chi connectivity index (χ0n) is 17.8. The average Bonchev–Trinajstić information content (AvgIpc) is 3.26. The van der Waals surface area contributed by atoms with Crippen molar-refractivity contribution < 1.29 is 22.6 Å². The minimum Gasteiger partial charge on any atom is -0.493 e. The molecule has 0 fully saturated rings. The Balaban J connectivity index is 1.73. The van der Waals surface area contributed by atoms with Crippen LogP contribution in [0.3, 0.4) is 0 Å². The van der Waals surface area contributed by atoms with Gasteiger partial charge < -0.3 is 9.47 Å². The number of nitrogens with zero attached hydrogens (tertiary/aromatic N) is 3. The number of aromatic nitrogens is 3. The van der Waals surface area contributed by atoms with Crippen molar-refractivity contribution in [2.45, 2.75) is 17.1 Å². The summed E-state index contributed by atoms with van der Waals surface area (Å²) < 4.78 is 51.9. The Bertz CT molecular complexity index is 1240. The molecule has 0 radical (unpaired) electrons. The van der Waals surface area contributed by atoms with E-state index < -0.39 is 11.7 Å². The Kier molecular flexibility index (Phi) is 6.60. The maximum absolute atomic E-state index is 13.1. The number of alkyl halides is 3. The van der Waals surface area contributed by atoms with Gasteiger partial charge in [-0.2, -0.15) is 13.2 Å². The third kappa shape index (κ3) is 4.98. The molecule has 0 atom stereocenters. The molecule has 4 aromatic rings. The van der Waals surface area contributed by atoms with Crippen LogP contribution in [0.25, 0.3) is 17.1 Å². The second kappa shape index (κ2) is 9.58. The van der Waals surface area contributed by atoms with Crippen LogP contribution >= 0.6 is 11.8 Å². The Morgan fingerprint density at radius 1 is 0.848 bits per heavy atom. The maximum Gasteiger partial charge on any atom is 0.416 e. The van der Waals surface area contributed by atoms with Gasteiger partial charge in [0.1, 0.15) is 0 Å². The summed E-state index contributed by atoms with van der Waals surface area (Å²) in [4.78, 5) is 0. The van der Waals surface area contributed by atoms with Gasteiger partial charge in [-0.3, -0.25) is 4.57 Å². The van der Waals surface area contributed by atoms with Crippen LogP contribution in [-0.2, 0) is 11.9 Å². The highest BCUT2D eigenvalue weighted by molar-refractivity contribution is 7.98. The van der Waals surface area contributed by atoms with Gasteiger partial charge in [-0.25, -0.2) is 0 Å². The molecule has 0 aliphatic heterocycles. The minimum absolute atomic E-state index is 0.296. The largest absolute Gasteiger partial charge is 0.493 e. The van der Waals surface area contributed by atoms with Gasteiger partial charge >= 0.3 is 6.18 Å². The molecule has 0 aliphatic carbocycles. The Labute approximate surface area is 193 Å². The van der Waals surface area contributed by atoms with Gasteiger partial charge in [0, 0.05) is 17.4 Å². The molecule has 0 bridgehead atoms. The molecular formula is C24H20F3N3O2S. The Morgan fingerprint density at radius 3 is 2.30 bits per heavy atom. The van der Waals surface area contributed by atoms with E-state index in [1.54, 1.807) is 26.4 Å². The van der Waals surface area contributed by atoms with Crippen molar-refractivity contribution >= 4 is 11.8 Å². The molecule has 4 rings (SSSR count). The number of hydrogen-bond acceptors (Lipinski definition) is 5. The molecule has 0 saturated heterocycles. The molecule has 0 N–H and O–H groups in total. The predicted molar refractivity (Wildman–Crippen MR) is 121 cm³/mol. The second-order valence-corrected chi connectivity index (χ2v) is 7.98. The summed E-state index contributed by atoms with van der Waals surface area (Å²) in [5.41, 5.74) is 1.46. The SMILES string of the molecule is COc1ccc(-n2c(SCc3cccc(C(F)(F)F)c3)nnc2-c2ccccc2)cc1OC. The number of methoxy groups -OCH3 is 2. The lowest BCUT2D eigenvalue weighted by atomic mass is 10.1. The van der Waals surface area contributed by atoms with Gasteiger partial charge in [-0.15, -0.1) is 10.2 Å². The van der Waals surface area contributed by atoms with Gasteiger partial charge in [0.2, 0.25) is 0 Å². The number of hydrogen-bond donors (Lipinski definition) is 0. The molecule has 0 saturated carbocycles. The monoisotopic (exact) mass is 471 g/mol. The van der Waals surface area contributed by atoms with Crippen molar-refractivity contribution in [3.63, 3.8) is 0 Å². The van der Waals surface area contributed by atoms with Crippen molar-refractivity contribution in [3.8, 4) is 28.6 Å². The van der Waals surface area contributed by atoms with Gasteiger partial charge in [0.15, 0.2) is 22.5 Å². The van der Waals surface area contributed by atoms with Crippen LogP contribution in [-0.4, -0.2) is 29.0 Å². The molecule has 9 heteroatoms. The van der Waals surface area contributed by atoms with E-state index in [4.69, 9.17) is 9.47 Å². The van der Waals surface area contributed by atoms with E-state index in [9.17, 15) is 13.2 Å². The zero-order valence-corrected chi connectivity index (χ0v) is 18.7. The normalized spacial score (nSPS) is 11.4. The van der Waals surface area contributed by atoms with Crippen molar-refractivity contribution in [3.05, 3.63) is 83.9 Å². The summed E-state index contributed by atoms with van der Waals surface area (Å²) in [6, 6.07) is 20.3. The van der Waals surface area contributed by atoms with E-state index in [1.807, 2.05) is 47.0 Å². The lowest BCUT2D eigenvalue weighted by molar-refractivity contribution is -0.137. The molecule has 0 aliphatic rings. The highest BCUT2D eigenvalue weighted by Crippen LogP contribution is 2.35.